The minimum absolute atomic E-state index is 0.812. The molecule has 0 amide bonds. The number of nitrogens with one attached hydrogen (secondary N) is 1. The highest BCUT2D eigenvalue weighted by molar-refractivity contribution is 4.72. The number of ether oxygens (including phenoxy) is 2. The van der Waals surface area contributed by atoms with Crippen LogP contribution in [0.2, 0.25) is 0 Å². The SMILES string of the molecule is CCOCCN(CCOCC)CC1CCNCC1. The van der Waals surface area contributed by atoms with Crippen molar-refractivity contribution in [3.63, 3.8) is 0 Å². The van der Waals surface area contributed by atoms with E-state index in [0.717, 1.165) is 45.4 Å². The Morgan fingerprint density at radius 2 is 1.56 bits per heavy atom. The third-order valence-electron chi connectivity index (χ3n) is 3.49. The molecule has 0 aromatic heterocycles. The van der Waals surface area contributed by atoms with E-state index in [0.29, 0.717) is 0 Å². The summed E-state index contributed by atoms with van der Waals surface area (Å²) in [5.74, 6) is 0.842. The molecule has 108 valence electrons. The number of rotatable bonds is 10. The van der Waals surface area contributed by atoms with Crippen LogP contribution < -0.4 is 5.32 Å². The molecule has 0 bridgehead atoms. The van der Waals surface area contributed by atoms with Crippen LogP contribution in [-0.4, -0.2) is 64.1 Å². The van der Waals surface area contributed by atoms with Crippen LogP contribution in [0.3, 0.4) is 0 Å². The summed E-state index contributed by atoms with van der Waals surface area (Å²) >= 11 is 0. The number of hydrogen-bond acceptors (Lipinski definition) is 4. The quantitative estimate of drug-likeness (QED) is 0.600. The molecule has 1 N–H and O–H groups in total. The Kier molecular flexibility index (Phi) is 9.48. The smallest absolute Gasteiger partial charge is 0.0593 e. The summed E-state index contributed by atoms with van der Waals surface area (Å²) in [6.45, 7) is 13.0. The molecule has 4 nitrogen and oxygen atoms in total. The fraction of sp³-hybridized carbons (Fsp3) is 1.00. The predicted octanol–water partition coefficient (Wildman–Crippen LogP) is 1.36. The summed E-state index contributed by atoms with van der Waals surface area (Å²) in [6.07, 6.45) is 2.61. The van der Waals surface area contributed by atoms with Gasteiger partial charge in [0.1, 0.15) is 0 Å². The van der Waals surface area contributed by atoms with Crippen molar-refractivity contribution in [3.05, 3.63) is 0 Å². The summed E-state index contributed by atoms with van der Waals surface area (Å²) in [7, 11) is 0. The average Bonchev–Trinajstić information content (AvgIpc) is 2.40. The zero-order valence-electron chi connectivity index (χ0n) is 12.1. The van der Waals surface area contributed by atoms with Crippen molar-refractivity contribution >= 4 is 0 Å². The Labute approximate surface area is 112 Å². The number of hydrogen-bond donors (Lipinski definition) is 1. The van der Waals surface area contributed by atoms with Gasteiger partial charge in [0, 0.05) is 32.8 Å². The largest absolute Gasteiger partial charge is 0.380 e. The van der Waals surface area contributed by atoms with Gasteiger partial charge >= 0.3 is 0 Å². The zero-order chi connectivity index (χ0) is 13.1. The maximum absolute atomic E-state index is 5.46. The highest BCUT2D eigenvalue weighted by atomic mass is 16.5. The van der Waals surface area contributed by atoms with Crippen LogP contribution in [0.5, 0.6) is 0 Å². The molecule has 0 spiro atoms. The van der Waals surface area contributed by atoms with Gasteiger partial charge in [-0.05, 0) is 45.7 Å². The highest BCUT2D eigenvalue weighted by Gasteiger charge is 2.16. The van der Waals surface area contributed by atoms with E-state index in [4.69, 9.17) is 9.47 Å². The van der Waals surface area contributed by atoms with Crippen LogP contribution >= 0.6 is 0 Å². The van der Waals surface area contributed by atoms with Gasteiger partial charge in [-0.3, -0.25) is 4.90 Å². The Morgan fingerprint density at radius 3 is 2.06 bits per heavy atom. The minimum atomic E-state index is 0.812. The first kappa shape index (κ1) is 15.9. The second-order valence-electron chi connectivity index (χ2n) is 4.89. The summed E-state index contributed by atoms with van der Waals surface area (Å²) < 4.78 is 10.9. The lowest BCUT2D eigenvalue weighted by Crippen LogP contribution is -2.39. The van der Waals surface area contributed by atoms with Crippen LogP contribution in [-0.2, 0) is 9.47 Å². The second-order valence-corrected chi connectivity index (χ2v) is 4.89. The molecule has 1 rings (SSSR count). The molecular formula is C14H30N2O2. The Hall–Kier alpha value is -0.160. The van der Waals surface area contributed by atoms with Gasteiger partial charge in [0.2, 0.25) is 0 Å². The standard InChI is InChI=1S/C14H30N2O2/c1-3-17-11-9-16(10-12-18-4-2)13-14-5-7-15-8-6-14/h14-15H,3-13H2,1-2H3. The molecule has 0 aromatic rings. The van der Waals surface area contributed by atoms with Crippen molar-refractivity contribution in [3.8, 4) is 0 Å². The van der Waals surface area contributed by atoms with Crippen LogP contribution in [0.1, 0.15) is 26.7 Å². The Balaban J connectivity index is 2.22. The Bertz CT molecular complexity index is 175. The van der Waals surface area contributed by atoms with E-state index in [9.17, 15) is 0 Å². The van der Waals surface area contributed by atoms with Crippen LogP contribution in [0.25, 0.3) is 0 Å². The van der Waals surface area contributed by atoms with Crippen molar-refractivity contribution < 1.29 is 9.47 Å². The van der Waals surface area contributed by atoms with E-state index in [2.05, 4.69) is 24.1 Å². The van der Waals surface area contributed by atoms with Gasteiger partial charge in [0.25, 0.3) is 0 Å². The van der Waals surface area contributed by atoms with Gasteiger partial charge in [0.05, 0.1) is 13.2 Å². The summed E-state index contributed by atoms with van der Waals surface area (Å²) in [4.78, 5) is 2.50. The molecule has 0 radical (unpaired) electrons. The molecule has 0 unspecified atom stereocenters. The van der Waals surface area contributed by atoms with Crippen LogP contribution in [0, 0.1) is 5.92 Å². The van der Waals surface area contributed by atoms with E-state index in [-0.39, 0.29) is 0 Å². The van der Waals surface area contributed by atoms with Gasteiger partial charge in [-0.15, -0.1) is 0 Å². The average molecular weight is 258 g/mol. The van der Waals surface area contributed by atoms with Gasteiger partial charge in [-0.25, -0.2) is 0 Å². The molecule has 0 aromatic carbocycles. The monoisotopic (exact) mass is 258 g/mol. The second kappa shape index (κ2) is 10.7. The molecule has 1 aliphatic rings. The van der Waals surface area contributed by atoms with Crippen molar-refractivity contribution in [2.24, 2.45) is 5.92 Å². The molecule has 0 aliphatic carbocycles. The molecule has 4 heteroatoms. The van der Waals surface area contributed by atoms with E-state index in [1.807, 2.05) is 0 Å². The molecule has 18 heavy (non-hydrogen) atoms. The van der Waals surface area contributed by atoms with Gasteiger partial charge in [-0.2, -0.15) is 0 Å². The molecule has 0 atom stereocenters. The zero-order valence-corrected chi connectivity index (χ0v) is 12.1. The molecule has 0 saturated carbocycles. The van der Waals surface area contributed by atoms with E-state index in [1.165, 1.54) is 32.5 Å². The molecule has 1 fully saturated rings. The van der Waals surface area contributed by atoms with Crippen LogP contribution in [0.4, 0.5) is 0 Å². The predicted molar refractivity (Wildman–Crippen MR) is 75.0 cm³/mol. The van der Waals surface area contributed by atoms with Crippen molar-refractivity contribution in [1.82, 2.24) is 10.2 Å². The Morgan fingerprint density at radius 1 is 1.00 bits per heavy atom. The lowest BCUT2D eigenvalue weighted by Gasteiger charge is -2.30. The van der Waals surface area contributed by atoms with E-state index < -0.39 is 0 Å². The summed E-state index contributed by atoms with van der Waals surface area (Å²) in [5.41, 5.74) is 0. The van der Waals surface area contributed by atoms with Gasteiger partial charge < -0.3 is 14.8 Å². The third-order valence-corrected chi connectivity index (χ3v) is 3.49. The normalized spacial score (nSPS) is 17.5. The van der Waals surface area contributed by atoms with Crippen LogP contribution in [0.15, 0.2) is 0 Å². The first-order chi connectivity index (χ1) is 8.86. The first-order valence-electron chi connectivity index (χ1n) is 7.45. The molecule has 1 heterocycles. The number of nitrogens with zero attached hydrogens (tertiary/aromatic N) is 1. The lowest BCUT2D eigenvalue weighted by molar-refractivity contribution is 0.0728. The molecule has 1 saturated heterocycles. The third kappa shape index (κ3) is 7.31. The molecular weight excluding hydrogens is 228 g/mol. The maximum atomic E-state index is 5.46. The van der Waals surface area contributed by atoms with E-state index >= 15 is 0 Å². The number of piperidine rings is 1. The fourth-order valence-electron chi connectivity index (χ4n) is 2.40. The maximum Gasteiger partial charge on any atom is 0.0593 e. The summed E-state index contributed by atoms with van der Waals surface area (Å²) in [5, 5.41) is 3.42. The molecule has 1 aliphatic heterocycles. The fourth-order valence-corrected chi connectivity index (χ4v) is 2.40. The first-order valence-corrected chi connectivity index (χ1v) is 7.45. The lowest BCUT2D eigenvalue weighted by atomic mass is 9.97. The van der Waals surface area contributed by atoms with Gasteiger partial charge in [0.15, 0.2) is 0 Å². The van der Waals surface area contributed by atoms with Gasteiger partial charge in [-0.1, -0.05) is 0 Å². The van der Waals surface area contributed by atoms with E-state index in [1.54, 1.807) is 0 Å². The van der Waals surface area contributed by atoms with Crippen molar-refractivity contribution in [2.75, 3.05) is 59.2 Å². The van der Waals surface area contributed by atoms with Crippen molar-refractivity contribution in [1.29, 1.82) is 0 Å². The minimum Gasteiger partial charge on any atom is -0.380 e. The summed E-state index contributed by atoms with van der Waals surface area (Å²) in [6, 6.07) is 0. The topological polar surface area (TPSA) is 33.7 Å². The highest BCUT2D eigenvalue weighted by Crippen LogP contribution is 2.13. The van der Waals surface area contributed by atoms with Crippen molar-refractivity contribution in [2.45, 2.75) is 26.7 Å².